The van der Waals surface area contributed by atoms with Crippen molar-refractivity contribution in [1.29, 1.82) is 0 Å². The molecule has 70 valence electrons. The van der Waals surface area contributed by atoms with E-state index in [1.807, 2.05) is 5.32 Å². The predicted octanol–water partition coefficient (Wildman–Crippen LogP) is 2.11. The molecule has 0 saturated carbocycles. The van der Waals surface area contributed by atoms with Crippen molar-refractivity contribution in [2.75, 3.05) is 5.32 Å². The Hall–Kier alpha value is -1.36. The van der Waals surface area contributed by atoms with Gasteiger partial charge in [-0.3, -0.25) is 0 Å². The van der Waals surface area contributed by atoms with E-state index in [1.165, 1.54) is 0 Å². The Balaban J connectivity index is 3.12. The number of carbonyl (C=O) groups excluding carboxylic acids is 1. The van der Waals surface area contributed by atoms with Gasteiger partial charge in [-0.15, -0.1) is 0 Å². The summed E-state index contributed by atoms with van der Waals surface area (Å²) in [6.45, 7) is 0. The molecule has 0 aliphatic rings. The minimum absolute atomic E-state index is 0.0253. The predicted molar refractivity (Wildman–Crippen MR) is 44.6 cm³/mol. The lowest BCUT2D eigenvalue weighted by molar-refractivity contribution is 0.259. The van der Waals surface area contributed by atoms with Gasteiger partial charge in [0.2, 0.25) is 0 Å². The lowest BCUT2D eigenvalue weighted by Gasteiger charge is -2.04. The summed E-state index contributed by atoms with van der Waals surface area (Å²) in [4.78, 5) is 10.3. The van der Waals surface area contributed by atoms with Crippen LogP contribution < -0.4 is 11.1 Å². The largest absolute Gasteiger partial charge is 0.351 e. The van der Waals surface area contributed by atoms with Crippen molar-refractivity contribution in [2.45, 2.75) is 0 Å². The van der Waals surface area contributed by atoms with Crippen molar-refractivity contribution in [3.8, 4) is 0 Å². The van der Waals surface area contributed by atoms with Gasteiger partial charge in [-0.05, 0) is 12.1 Å². The second-order valence-corrected chi connectivity index (χ2v) is 2.67. The van der Waals surface area contributed by atoms with Crippen LogP contribution in [0.2, 0.25) is 5.02 Å². The van der Waals surface area contributed by atoms with Gasteiger partial charge in [-0.2, -0.15) is 0 Å². The molecule has 1 aromatic rings. The molecular weight excluding hydrogens is 202 g/mol. The molecule has 0 aliphatic heterocycles. The third kappa shape index (κ3) is 2.29. The minimum atomic E-state index is -1.19. The van der Waals surface area contributed by atoms with Gasteiger partial charge in [0.05, 0.1) is 5.69 Å². The molecule has 0 heterocycles. The summed E-state index contributed by atoms with van der Waals surface area (Å²) in [7, 11) is 0. The van der Waals surface area contributed by atoms with Crippen LogP contribution in [-0.4, -0.2) is 6.03 Å². The first-order chi connectivity index (χ1) is 6.00. The lowest BCUT2D eigenvalue weighted by atomic mass is 10.3. The first-order valence-electron chi connectivity index (χ1n) is 3.21. The van der Waals surface area contributed by atoms with Gasteiger partial charge in [-0.25, -0.2) is 13.6 Å². The smallest absolute Gasteiger partial charge is 0.316 e. The quantitative estimate of drug-likeness (QED) is 0.680. The number of urea groups is 1. The zero-order valence-electron chi connectivity index (χ0n) is 6.27. The first-order valence-corrected chi connectivity index (χ1v) is 3.59. The lowest BCUT2D eigenvalue weighted by Crippen LogP contribution is -2.20. The number of halogens is 3. The van der Waals surface area contributed by atoms with E-state index in [1.54, 1.807) is 0 Å². The Morgan fingerprint density at radius 3 is 2.62 bits per heavy atom. The number of primary amides is 1. The third-order valence-electron chi connectivity index (χ3n) is 1.25. The zero-order chi connectivity index (χ0) is 10.0. The van der Waals surface area contributed by atoms with Gasteiger partial charge in [0.25, 0.3) is 0 Å². The molecule has 6 heteroatoms. The molecule has 0 aliphatic carbocycles. The van der Waals surface area contributed by atoms with E-state index < -0.39 is 17.7 Å². The number of hydrogen-bond donors (Lipinski definition) is 2. The molecule has 0 bridgehead atoms. The van der Waals surface area contributed by atoms with E-state index in [-0.39, 0.29) is 10.7 Å². The van der Waals surface area contributed by atoms with Crippen LogP contribution in [0.1, 0.15) is 0 Å². The SMILES string of the molecule is NC(=O)Nc1cc(Cl)cc(F)c1F. The fourth-order valence-corrected chi connectivity index (χ4v) is 0.985. The highest BCUT2D eigenvalue weighted by atomic mass is 35.5. The first kappa shape index (κ1) is 9.73. The van der Waals surface area contributed by atoms with Crippen molar-refractivity contribution in [2.24, 2.45) is 5.73 Å². The van der Waals surface area contributed by atoms with Gasteiger partial charge in [-0.1, -0.05) is 11.6 Å². The van der Waals surface area contributed by atoms with Gasteiger partial charge < -0.3 is 11.1 Å². The Morgan fingerprint density at radius 1 is 1.46 bits per heavy atom. The number of nitrogens with one attached hydrogen (secondary N) is 1. The molecular formula is C7H5ClF2N2O. The second-order valence-electron chi connectivity index (χ2n) is 2.24. The molecule has 0 fully saturated rings. The van der Waals surface area contributed by atoms with Crippen molar-refractivity contribution >= 4 is 23.3 Å². The third-order valence-corrected chi connectivity index (χ3v) is 1.47. The van der Waals surface area contributed by atoms with Gasteiger partial charge in [0.1, 0.15) is 0 Å². The average Bonchev–Trinajstić information content (AvgIpc) is 1.98. The minimum Gasteiger partial charge on any atom is -0.351 e. The molecule has 0 atom stereocenters. The van der Waals surface area contributed by atoms with E-state index in [0.717, 1.165) is 12.1 Å². The normalized spacial score (nSPS) is 9.77. The number of benzene rings is 1. The Kier molecular flexibility index (Phi) is 2.67. The maximum atomic E-state index is 12.8. The average molecular weight is 207 g/mol. The Bertz CT molecular complexity index is 357. The highest BCUT2D eigenvalue weighted by molar-refractivity contribution is 6.30. The van der Waals surface area contributed by atoms with Crippen molar-refractivity contribution < 1.29 is 13.6 Å². The van der Waals surface area contributed by atoms with Gasteiger partial charge in [0, 0.05) is 5.02 Å². The van der Waals surface area contributed by atoms with Crippen LogP contribution in [-0.2, 0) is 0 Å². The van der Waals surface area contributed by atoms with Crippen LogP contribution in [0.3, 0.4) is 0 Å². The maximum Gasteiger partial charge on any atom is 0.316 e. The molecule has 3 N–H and O–H groups in total. The number of hydrogen-bond acceptors (Lipinski definition) is 1. The molecule has 0 radical (unpaired) electrons. The van der Waals surface area contributed by atoms with Crippen LogP contribution >= 0.6 is 11.6 Å². The number of carbonyl (C=O) groups is 1. The number of anilines is 1. The molecule has 1 aromatic carbocycles. The topological polar surface area (TPSA) is 55.1 Å². The summed E-state index contributed by atoms with van der Waals surface area (Å²) in [5.41, 5.74) is 4.33. The van der Waals surface area contributed by atoms with Crippen molar-refractivity contribution in [1.82, 2.24) is 0 Å². The highest BCUT2D eigenvalue weighted by Gasteiger charge is 2.10. The molecule has 0 saturated heterocycles. The van der Waals surface area contributed by atoms with Crippen LogP contribution in [0, 0.1) is 11.6 Å². The number of amides is 2. The molecule has 0 spiro atoms. The molecule has 1 rings (SSSR count). The maximum absolute atomic E-state index is 12.8. The summed E-state index contributed by atoms with van der Waals surface area (Å²) in [5.74, 6) is -2.33. The summed E-state index contributed by atoms with van der Waals surface area (Å²) in [6, 6.07) is 0.869. The van der Waals surface area contributed by atoms with Crippen LogP contribution in [0.15, 0.2) is 12.1 Å². The van der Waals surface area contributed by atoms with E-state index in [9.17, 15) is 13.6 Å². The number of rotatable bonds is 1. The monoisotopic (exact) mass is 206 g/mol. The van der Waals surface area contributed by atoms with Gasteiger partial charge in [0.15, 0.2) is 11.6 Å². The molecule has 0 aromatic heterocycles. The van der Waals surface area contributed by atoms with Crippen LogP contribution in [0.25, 0.3) is 0 Å². The Labute approximate surface area is 77.5 Å². The fraction of sp³-hybridized carbons (Fsp3) is 0. The molecule has 3 nitrogen and oxygen atoms in total. The zero-order valence-corrected chi connectivity index (χ0v) is 7.03. The molecule has 13 heavy (non-hydrogen) atoms. The van der Waals surface area contributed by atoms with Crippen molar-refractivity contribution in [3.05, 3.63) is 28.8 Å². The van der Waals surface area contributed by atoms with Gasteiger partial charge >= 0.3 is 6.03 Å². The summed E-state index contributed by atoms with van der Waals surface area (Å²) < 4.78 is 25.5. The fourth-order valence-electron chi connectivity index (χ4n) is 0.780. The Morgan fingerprint density at radius 2 is 2.08 bits per heavy atom. The van der Waals surface area contributed by atoms with E-state index >= 15 is 0 Å². The molecule has 2 amide bonds. The summed E-state index contributed by atoms with van der Waals surface area (Å²) in [5, 5.41) is 1.87. The van der Waals surface area contributed by atoms with E-state index in [2.05, 4.69) is 0 Å². The van der Waals surface area contributed by atoms with Crippen molar-refractivity contribution in [3.63, 3.8) is 0 Å². The van der Waals surface area contributed by atoms with Crippen LogP contribution in [0.5, 0.6) is 0 Å². The van der Waals surface area contributed by atoms with Crippen LogP contribution in [0.4, 0.5) is 19.3 Å². The van der Waals surface area contributed by atoms with E-state index in [4.69, 9.17) is 17.3 Å². The number of nitrogens with two attached hydrogens (primary N) is 1. The molecule has 0 unspecified atom stereocenters. The highest BCUT2D eigenvalue weighted by Crippen LogP contribution is 2.22. The summed E-state index contributed by atoms with van der Waals surface area (Å²) >= 11 is 5.41. The second kappa shape index (κ2) is 3.57. The van der Waals surface area contributed by atoms with E-state index in [0.29, 0.717) is 0 Å². The standard InChI is InChI=1S/C7H5ClF2N2O/c8-3-1-4(9)6(10)5(2-3)12-7(11)13/h1-2H,(H3,11,12,13). The summed E-state index contributed by atoms with van der Waals surface area (Å²) in [6.07, 6.45) is 0.